The zero-order chi connectivity index (χ0) is 13.4. The first-order valence-corrected chi connectivity index (χ1v) is 7.71. The first-order valence-electron chi connectivity index (χ1n) is 6.66. The Morgan fingerprint density at radius 3 is 2.67 bits per heavy atom. The van der Waals surface area contributed by atoms with E-state index in [-0.39, 0.29) is 12.0 Å². The van der Waals surface area contributed by atoms with Crippen molar-refractivity contribution in [2.45, 2.75) is 50.4 Å². The number of hydrogen-bond donors (Lipinski definition) is 1. The minimum absolute atomic E-state index is 0.156. The summed E-state index contributed by atoms with van der Waals surface area (Å²) in [5.41, 5.74) is 0. The number of esters is 1. The quantitative estimate of drug-likeness (QED) is 0.718. The van der Waals surface area contributed by atoms with Crippen molar-refractivity contribution in [1.29, 1.82) is 0 Å². The summed E-state index contributed by atoms with van der Waals surface area (Å²) in [6.07, 6.45) is 3.09. The summed E-state index contributed by atoms with van der Waals surface area (Å²) >= 11 is 1.95. The van der Waals surface area contributed by atoms with Gasteiger partial charge in [0, 0.05) is 24.5 Å². The number of rotatable bonds is 7. The molecule has 0 saturated carbocycles. The average Bonchev–Trinajstić information content (AvgIpc) is 2.37. The number of hydrogen-bond acceptors (Lipinski definition) is 5. The zero-order valence-corrected chi connectivity index (χ0v) is 12.4. The molecule has 1 N–H and O–H groups in total. The molecule has 1 fully saturated rings. The van der Waals surface area contributed by atoms with E-state index in [0.717, 1.165) is 38.2 Å². The zero-order valence-electron chi connectivity index (χ0n) is 11.6. The van der Waals surface area contributed by atoms with Crippen molar-refractivity contribution in [3.05, 3.63) is 0 Å². The molecule has 0 amide bonds. The molecule has 0 bridgehead atoms. The lowest BCUT2D eigenvalue weighted by molar-refractivity contribution is -0.143. The average molecular weight is 275 g/mol. The van der Waals surface area contributed by atoms with Crippen LogP contribution in [0.15, 0.2) is 0 Å². The van der Waals surface area contributed by atoms with Crippen molar-refractivity contribution in [2.75, 3.05) is 26.1 Å². The fourth-order valence-electron chi connectivity index (χ4n) is 2.01. The van der Waals surface area contributed by atoms with Gasteiger partial charge < -0.3 is 14.8 Å². The second-order valence-corrected chi connectivity index (χ2v) is 6.28. The van der Waals surface area contributed by atoms with Crippen LogP contribution in [0.1, 0.15) is 33.1 Å². The van der Waals surface area contributed by atoms with Crippen molar-refractivity contribution in [1.82, 2.24) is 5.32 Å². The molecule has 1 atom stereocenters. The molecule has 1 aliphatic rings. The van der Waals surface area contributed by atoms with Crippen LogP contribution in [0.5, 0.6) is 0 Å². The highest BCUT2D eigenvalue weighted by Crippen LogP contribution is 2.23. The largest absolute Gasteiger partial charge is 0.468 e. The van der Waals surface area contributed by atoms with Crippen LogP contribution in [0.3, 0.4) is 0 Å². The van der Waals surface area contributed by atoms with Gasteiger partial charge in [0.1, 0.15) is 6.04 Å². The van der Waals surface area contributed by atoms with Gasteiger partial charge in [-0.15, -0.1) is 0 Å². The normalized spacial score (nSPS) is 18.9. The maximum Gasteiger partial charge on any atom is 0.322 e. The predicted octanol–water partition coefficient (Wildman–Crippen LogP) is 1.83. The van der Waals surface area contributed by atoms with Gasteiger partial charge in [0.15, 0.2) is 0 Å². The lowest BCUT2D eigenvalue weighted by Crippen LogP contribution is -2.42. The summed E-state index contributed by atoms with van der Waals surface area (Å²) in [5, 5.41) is 3.95. The number of ether oxygens (including phenoxy) is 2. The Hall–Kier alpha value is -0.260. The lowest BCUT2D eigenvalue weighted by Gasteiger charge is -2.23. The van der Waals surface area contributed by atoms with Crippen LogP contribution in [-0.2, 0) is 14.3 Å². The summed E-state index contributed by atoms with van der Waals surface area (Å²) in [5.74, 6) is 0.834. The molecule has 0 radical (unpaired) electrons. The maximum atomic E-state index is 11.6. The fourth-order valence-corrected chi connectivity index (χ4v) is 3.24. The first kappa shape index (κ1) is 15.8. The van der Waals surface area contributed by atoms with E-state index in [9.17, 15) is 4.79 Å². The molecule has 1 unspecified atom stereocenters. The minimum atomic E-state index is -0.178. The van der Waals surface area contributed by atoms with Crippen molar-refractivity contribution < 1.29 is 14.3 Å². The van der Waals surface area contributed by atoms with E-state index in [1.54, 1.807) is 0 Å². The van der Waals surface area contributed by atoms with E-state index >= 15 is 0 Å². The van der Waals surface area contributed by atoms with Crippen LogP contribution in [0.4, 0.5) is 0 Å². The Kier molecular flexibility index (Phi) is 7.70. The molecule has 106 valence electrons. The van der Waals surface area contributed by atoms with Gasteiger partial charge in [-0.1, -0.05) is 13.8 Å². The van der Waals surface area contributed by atoms with E-state index in [2.05, 4.69) is 5.32 Å². The van der Waals surface area contributed by atoms with Crippen LogP contribution in [0.2, 0.25) is 0 Å². The molecule has 0 aromatic heterocycles. The molecule has 0 spiro atoms. The number of carbonyl (C=O) groups is 1. The van der Waals surface area contributed by atoms with E-state index in [0.29, 0.717) is 11.3 Å². The third-order valence-electron chi connectivity index (χ3n) is 2.95. The highest BCUT2D eigenvalue weighted by molar-refractivity contribution is 7.99. The molecule has 0 aromatic rings. The Bertz CT molecular complexity index is 242. The maximum absolute atomic E-state index is 11.6. The molecular weight excluding hydrogens is 250 g/mol. The summed E-state index contributed by atoms with van der Waals surface area (Å²) in [6.45, 7) is 5.84. The monoisotopic (exact) mass is 275 g/mol. The van der Waals surface area contributed by atoms with Gasteiger partial charge in [0.25, 0.3) is 0 Å². The van der Waals surface area contributed by atoms with Gasteiger partial charge in [0.2, 0.25) is 0 Å². The van der Waals surface area contributed by atoms with Gasteiger partial charge in [-0.05, 0) is 25.0 Å². The SMILES string of the molecule is COC(=O)C(CCSC1CCOCC1)NC(C)C. The van der Waals surface area contributed by atoms with Crippen molar-refractivity contribution >= 4 is 17.7 Å². The molecular formula is C13H25NO3S. The third kappa shape index (κ3) is 6.07. The highest BCUT2D eigenvalue weighted by Gasteiger charge is 2.21. The van der Waals surface area contributed by atoms with Gasteiger partial charge >= 0.3 is 5.97 Å². The number of nitrogens with one attached hydrogen (secondary N) is 1. The standard InChI is InChI=1S/C13H25NO3S/c1-10(2)14-12(13(15)16-3)6-9-18-11-4-7-17-8-5-11/h10-12,14H,4-9H2,1-3H3. The summed E-state index contributed by atoms with van der Waals surface area (Å²) < 4.78 is 10.2. The van der Waals surface area contributed by atoms with Crippen molar-refractivity contribution in [2.24, 2.45) is 0 Å². The molecule has 1 saturated heterocycles. The molecule has 18 heavy (non-hydrogen) atoms. The van der Waals surface area contributed by atoms with Crippen molar-refractivity contribution in [3.63, 3.8) is 0 Å². The van der Waals surface area contributed by atoms with Crippen molar-refractivity contribution in [3.8, 4) is 0 Å². The van der Waals surface area contributed by atoms with Gasteiger partial charge in [-0.2, -0.15) is 11.8 Å². The summed E-state index contributed by atoms with van der Waals surface area (Å²) in [7, 11) is 1.45. The smallest absolute Gasteiger partial charge is 0.322 e. The van der Waals surface area contributed by atoms with E-state index in [1.807, 2.05) is 25.6 Å². The van der Waals surface area contributed by atoms with Gasteiger partial charge in [-0.3, -0.25) is 4.79 Å². The molecule has 1 rings (SSSR count). The second kappa shape index (κ2) is 8.77. The first-order chi connectivity index (χ1) is 8.63. The molecule has 4 nitrogen and oxygen atoms in total. The predicted molar refractivity (Wildman–Crippen MR) is 75.0 cm³/mol. The summed E-state index contributed by atoms with van der Waals surface area (Å²) in [6, 6.07) is 0.115. The molecule has 5 heteroatoms. The lowest BCUT2D eigenvalue weighted by atomic mass is 10.2. The number of thioether (sulfide) groups is 1. The molecule has 1 aliphatic heterocycles. The van der Waals surface area contributed by atoms with Crippen LogP contribution < -0.4 is 5.32 Å². The Morgan fingerprint density at radius 2 is 2.11 bits per heavy atom. The fraction of sp³-hybridized carbons (Fsp3) is 0.923. The van der Waals surface area contributed by atoms with Crippen LogP contribution in [0, 0.1) is 0 Å². The van der Waals surface area contributed by atoms with E-state index < -0.39 is 0 Å². The molecule has 1 heterocycles. The summed E-state index contributed by atoms with van der Waals surface area (Å²) in [4.78, 5) is 11.6. The Labute approximate surface area is 114 Å². The molecule has 0 aliphatic carbocycles. The van der Waals surface area contributed by atoms with Crippen LogP contribution in [0.25, 0.3) is 0 Å². The minimum Gasteiger partial charge on any atom is -0.468 e. The van der Waals surface area contributed by atoms with Crippen LogP contribution in [-0.4, -0.2) is 49.4 Å². The number of carbonyl (C=O) groups excluding carboxylic acids is 1. The van der Waals surface area contributed by atoms with Gasteiger partial charge in [0.05, 0.1) is 7.11 Å². The third-order valence-corrected chi connectivity index (χ3v) is 4.36. The Morgan fingerprint density at radius 1 is 1.44 bits per heavy atom. The Balaban J connectivity index is 2.25. The van der Waals surface area contributed by atoms with Gasteiger partial charge in [-0.25, -0.2) is 0 Å². The molecule has 0 aromatic carbocycles. The number of methoxy groups -OCH3 is 1. The van der Waals surface area contributed by atoms with E-state index in [4.69, 9.17) is 9.47 Å². The highest BCUT2D eigenvalue weighted by atomic mass is 32.2. The second-order valence-electron chi connectivity index (χ2n) is 4.87. The van der Waals surface area contributed by atoms with E-state index in [1.165, 1.54) is 7.11 Å². The topological polar surface area (TPSA) is 47.6 Å². The van der Waals surface area contributed by atoms with Crippen LogP contribution >= 0.6 is 11.8 Å².